The van der Waals surface area contributed by atoms with Gasteiger partial charge in [0.05, 0.1) is 16.0 Å². The molecule has 0 radical (unpaired) electrons. The summed E-state index contributed by atoms with van der Waals surface area (Å²) in [4.78, 5) is 7.22. The van der Waals surface area contributed by atoms with Gasteiger partial charge >= 0.3 is 0 Å². The van der Waals surface area contributed by atoms with Gasteiger partial charge in [-0.2, -0.15) is 0 Å². The van der Waals surface area contributed by atoms with Crippen molar-refractivity contribution in [2.75, 3.05) is 5.33 Å². The van der Waals surface area contributed by atoms with E-state index < -0.39 is 0 Å². The van der Waals surface area contributed by atoms with Gasteiger partial charge in [-0.15, -0.1) is 0 Å². The van der Waals surface area contributed by atoms with Crippen molar-refractivity contribution in [3.63, 3.8) is 0 Å². The van der Waals surface area contributed by atoms with E-state index in [4.69, 9.17) is 11.6 Å². The zero-order chi connectivity index (χ0) is 10.7. The van der Waals surface area contributed by atoms with Gasteiger partial charge < -0.3 is 4.98 Å². The molecular weight excluding hydrogens is 275 g/mol. The minimum Gasteiger partial charge on any atom is -0.345 e. The Labute approximate surface area is 101 Å². The number of fused-ring (bicyclic) bond motifs is 1. The lowest BCUT2D eigenvalue weighted by Crippen LogP contribution is -1.77. The molecule has 0 fully saturated rings. The highest BCUT2D eigenvalue weighted by molar-refractivity contribution is 9.09. The van der Waals surface area contributed by atoms with Gasteiger partial charge in [0.15, 0.2) is 0 Å². The summed E-state index contributed by atoms with van der Waals surface area (Å²) in [5.74, 6) is 6.13. The Morgan fingerprint density at radius 3 is 3.20 bits per heavy atom. The van der Waals surface area contributed by atoms with Crippen LogP contribution in [0.15, 0.2) is 18.5 Å². The number of alkyl halides is 1. The van der Waals surface area contributed by atoms with Crippen LogP contribution in [0.3, 0.4) is 0 Å². The molecule has 2 aromatic rings. The van der Waals surface area contributed by atoms with Gasteiger partial charge in [-0.1, -0.05) is 39.4 Å². The van der Waals surface area contributed by atoms with E-state index in [1.54, 1.807) is 12.3 Å². The number of H-pyrrole nitrogens is 1. The minimum atomic E-state index is 0.685. The number of aromatic nitrogens is 2. The fourth-order valence-electron chi connectivity index (χ4n) is 1.32. The maximum atomic E-state index is 6.08. The molecule has 2 rings (SSSR count). The van der Waals surface area contributed by atoms with E-state index in [2.05, 4.69) is 37.7 Å². The van der Waals surface area contributed by atoms with Gasteiger partial charge in [-0.25, -0.2) is 4.98 Å². The molecule has 15 heavy (non-hydrogen) atoms. The van der Waals surface area contributed by atoms with E-state index in [9.17, 15) is 0 Å². The molecule has 2 heterocycles. The second kappa shape index (κ2) is 4.69. The van der Waals surface area contributed by atoms with Gasteiger partial charge in [-0.3, -0.25) is 0 Å². The van der Waals surface area contributed by atoms with Crippen LogP contribution >= 0.6 is 27.5 Å². The normalized spacial score (nSPS) is 10.0. The van der Waals surface area contributed by atoms with Crippen LogP contribution in [-0.2, 0) is 0 Å². The largest absolute Gasteiger partial charge is 0.345 e. The van der Waals surface area contributed by atoms with Crippen molar-refractivity contribution in [2.45, 2.75) is 6.42 Å². The van der Waals surface area contributed by atoms with Crippen molar-refractivity contribution in [1.82, 2.24) is 9.97 Å². The molecule has 0 aromatic carbocycles. The molecule has 0 amide bonds. The molecule has 0 aliphatic carbocycles. The highest BCUT2D eigenvalue weighted by Crippen LogP contribution is 2.23. The Bertz CT molecular complexity index is 536. The average Bonchev–Trinajstić information content (AvgIpc) is 2.63. The molecule has 1 N–H and O–H groups in total. The van der Waals surface area contributed by atoms with Crippen LogP contribution in [0, 0.1) is 11.8 Å². The second-order valence-electron chi connectivity index (χ2n) is 2.96. The molecular formula is C11H8BrClN2. The van der Waals surface area contributed by atoms with Crippen LogP contribution in [-0.4, -0.2) is 15.3 Å². The smallest absolute Gasteiger partial charge is 0.140 e. The number of aromatic amines is 1. The summed E-state index contributed by atoms with van der Waals surface area (Å²) in [5.41, 5.74) is 1.69. The number of nitrogens with zero attached hydrogens (tertiary/aromatic N) is 1. The average molecular weight is 284 g/mol. The molecule has 0 atom stereocenters. The summed E-state index contributed by atoms with van der Waals surface area (Å²) < 4.78 is 0. The van der Waals surface area contributed by atoms with E-state index in [0.717, 1.165) is 28.3 Å². The van der Waals surface area contributed by atoms with Crippen molar-refractivity contribution in [3.05, 3.63) is 29.0 Å². The van der Waals surface area contributed by atoms with E-state index in [1.807, 2.05) is 6.20 Å². The first-order chi connectivity index (χ1) is 7.33. The summed E-state index contributed by atoms with van der Waals surface area (Å²) >= 11 is 9.41. The predicted molar refractivity (Wildman–Crippen MR) is 66.4 cm³/mol. The third-order valence-corrected chi connectivity index (χ3v) is 2.68. The maximum absolute atomic E-state index is 6.08. The number of hydrogen-bond donors (Lipinski definition) is 1. The summed E-state index contributed by atoms with van der Waals surface area (Å²) in [5, 5.41) is 2.47. The first-order valence-electron chi connectivity index (χ1n) is 4.49. The minimum absolute atomic E-state index is 0.685. The van der Waals surface area contributed by atoms with Crippen LogP contribution in [0.25, 0.3) is 11.0 Å². The van der Waals surface area contributed by atoms with Gasteiger partial charge in [0.1, 0.15) is 5.65 Å². The summed E-state index contributed by atoms with van der Waals surface area (Å²) in [6, 6.07) is 1.77. The second-order valence-corrected chi connectivity index (χ2v) is 4.16. The van der Waals surface area contributed by atoms with Crippen molar-refractivity contribution < 1.29 is 0 Å². The highest BCUT2D eigenvalue weighted by Gasteiger charge is 2.05. The van der Waals surface area contributed by atoms with E-state index in [-0.39, 0.29) is 0 Å². The zero-order valence-corrected chi connectivity index (χ0v) is 10.2. The lowest BCUT2D eigenvalue weighted by atomic mass is 10.2. The number of rotatable bonds is 1. The van der Waals surface area contributed by atoms with Crippen LogP contribution < -0.4 is 0 Å². The van der Waals surface area contributed by atoms with Crippen molar-refractivity contribution in [3.8, 4) is 11.8 Å². The molecule has 0 bridgehead atoms. The van der Waals surface area contributed by atoms with Gasteiger partial charge in [0, 0.05) is 24.1 Å². The maximum Gasteiger partial charge on any atom is 0.140 e. The van der Waals surface area contributed by atoms with Crippen LogP contribution in [0.2, 0.25) is 5.02 Å². The lowest BCUT2D eigenvalue weighted by molar-refractivity contribution is 1.32. The Morgan fingerprint density at radius 2 is 2.40 bits per heavy atom. The monoisotopic (exact) mass is 282 g/mol. The summed E-state index contributed by atoms with van der Waals surface area (Å²) in [7, 11) is 0. The first-order valence-corrected chi connectivity index (χ1v) is 5.99. The number of pyridine rings is 1. The molecule has 2 aromatic heterocycles. The van der Waals surface area contributed by atoms with E-state index in [1.165, 1.54) is 0 Å². The fourth-order valence-corrected chi connectivity index (χ4v) is 1.77. The third kappa shape index (κ3) is 2.17. The molecule has 0 aliphatic rings. The molecule has 0 aliphatic heterocycles. The Morgan fingerprint density at radius 1 is 1.53 bits per heavy atom. The fraction of sp³-hybridized carbons (Fsp3) is 0.182. The standard InChI is InChI=1S/C11H8BrClN2/c12-5-2-1-3-8-7-15-11-10(8)9(13)4-6-14-11/h4,6-7H,2,5H2,(H,14,15). The molecule has 0 saturated carbocycles. The van der Waals surface area contributed by atoms with Crippen molar-refractivity contribution in [1.29, 1.82) is 0 Å². The van der Waals surface area contributed by atoms with E-state index in [0.29, 0.717) is 5.02 Å². The molecule has 4 heteroatoms. The van der Waals surface area contributed by atoms with Gasteiger partial charge in [0.2, 0.25) is 0 Å². The highest BCUT2D eigenvalue weighted by atomic mass is 79.9. The SMILES string of the molecule is Clc1ccnc2[nH]cc(C#CCCBr)c12. The van der Waals surface area contributed by atoms with Gasteiger partial charge in [0.25, 0.3) is 0 Å². The molecule has 0 saturated heterocycles. The van der Waals surface area contributed by atoms with Crippen LogP contribution in [0.5, 0.6) is 0 Å². The van der Waals surface area contributed by atoms with Crippen molar-refractivity contribution >= 4 is 38.6 Å². The summed E-state index contributed by atoms with van der Waals surface area (Å²) in [6.45, 7) is 0. The number of hydrogen-bond acceptors (Lipinski definition) is 1. The van der Waals surface area contributed by atoms with Crippen LogP contribution in [0.4, 0.5) is 0 Å². The topological polar surface area (TPSA) is 28.7 Å². The first kappa shape index (κ1) is 10.5. The molecule has 0 spiro atoms. The zero-order valence-electron chi connectivity index (χ0n) is 7.85. The number of nitrogens with one attached hydrogen (secondary N) is 1. The summed E-state index contributed by atoms with van der Waals surface area (Å²) in [6.07, 6.45) is 4.34. The Balaban J connectivity index is 2.50. The predicted octanol–water partition coefficient (Wildman–Crippen LogP) is 3.35. The van der Waals surface area contributed by atoms with Gasteiger partial charge in [-0.05, 0) is 6.07 Å². The number of halogens is 2. The Hall–Kier alpha value is -0.980. The van der Waals surface area contributed by atoms with Crippen LogP contribution in [0.1, 0.15) is 12.0 Å². The third-order valence-electron chi connectivity index (χ3n) is 1.97. The Kier molecular flexibility index (Phi) is 3.30. The quantitative estimate of drug-likeness (QED) is 0.631. The molecule has 0 unspecified atom stereocenters. The van der Waals surface area contributed by atoms with E-state index >= 15 is 0 Å². The molecule has 2 nitrogen and oxygen atoms in total. The molecule has 76 valence electrons. The van der Waals surface area contributed by atoms with Crippen molar-refractivity contribution in [2.24, 2.45) is 0 Å². The lowest BCUT2D eigenvalue weighted by Gasteiger charge is -1.92.